The van der Waals surface area contributed by atoms with Gasteiger partial charge in [-0.25, -0.2) is 0 Å². The van der Waals surface area contributed by atoms with Crippen LogP contribution in [0.3, 0.4) is 0 Å². The van der Waals surface area contributed by atoms with E-state index in [0.717, 1.165) is 44.1 Å². The van der Waals surface area contributed by atoms with E-state index in [1.807, 2.05) is 109 Å². The van der Waals surface area contributed by atoms with Gasteiger partial charge in [0.1, 0.15) is 0 Å². The van der Waals surface area contributed by atoms with Crippen LogP contribution in [0.2, 0.25) is 0 Å². The lowest BCUT2D eigenvalue weighted by atomic mass is 9.96. The number of anilines is 1. The SMILES string of the molecule is N#Cc1cc(C#N)cc(-c2cccc3c2c2ccccc2n3-c2cccc3c2C(=O)N(c2ccc(-c4ccccc4)cc2)C3O)c1. The molecule has 216 valence electrons. The van der Waals surface area contributed by atoms with Crippen LogP contribution in [-0.4, -0.2) is 15.6 Å². The molecule has 1 aliphatic heterocycles. The van der Waals surface area contributed by atoms with E-state index in [4.69, 9.17) is 0 Å². The lowest BCUT2D eigenvalue weighted by Gasteiger charge is -2.21. The second kappa shape index (κ2) is 10.6. The third-order valence-corrected chi connectivity index (χ3v) is 8.72. The van der Waals surface area contributed by atoms with Crippen LogP contribution in [0.1, 0.15) is 33.3 Å². The van der Waals surface area contributed by atoms with E-state index in [0.29, 0.717) is 33.6 Å². The minimum absolute atomic E-state index is 0.284. The van der Waals surface area contributed by atoms with Crippen LogP contribution >= 0.6 is 0 Å². The zero-order valence-corrected chi connectivity index (χ0v) is 24.4. The fraction of sp³-hybridized carbons (Fsp3) is 0.0250. The van der Waals surface area contributed by atoms with Gasteiger partial charge in [0, 0.05) is 22.0 Å². The predicted molar refractivity (Wildman–Crippen MR) is 179 cm³/mol. The largest absolute Gasteiger partial charge is 0.369 e. The van der Waals surface area contributed by atoms with Crippen molar-refractivity contribution >= 4 is 33.4 Å². The van der Waals surface area contributed by atoms with Crippen molar-refractivity contribution < 1.29 is 9.90 Å². The van der Waals surface area contributed by atoms with Gasteiger partial charge in [0.15, 0.2) is 6.23 Å². The first-order valence-electron chi connectivity index (χ1n) is 14.9. The number of aliphatic hydroxyl groups excluding tert-OH is 1. The smallest absolute Gasteiger partial charge is 0.263 e. The van der Waals surface area contributed by atoms with Crippen molar-refractivity contribution in [1.29, 1.82) is 10.5 Å². The average molecular weight is 593 g/mol. The Hall–Kier alpha value is -6.47. The third kappa shape index (κ3) is 4.10. The summed E-state index contributed by atoms with van der Waals surface area (Å²) in [6, 6.07) is 46.7. The monoisotopic (exact) mass is 592 g/mol. The molecule has 6 heteroatoms. The second-order valence-corrected chi connectivity index (χ2v) is 11.3. The van der Waals surface area contributed by atoms with Gasteiger partial charge in [-0.15, -0.1) is 0 Å². The number of aromatic nitrogens is 1. The molecular formula is C40H24N4O2. The number of amides is 1. The van der Waals surface area contributed by atoms with Crippen molar-refractivity contribution in [3.63, 3.8) is 0 Å². The number of benzene rings is 6. The van der Waals surface area contributed by atoms with Crippen LogP contribution in [0.25, 0.3) is 49.7 Å². The van der Waals surface area contributed by atoms with Crippen molar-refractivity contribution in [3.8, 4) is 40.1 Å². The molecule has 0 bridgehead atoms. The first kappa shape index (κ1) is 27.1. The molecule has 46 heavy (non-hydrogen) atoms. The van der Waals surface area contributed by atoms with Crippen LogP contribution < -0.4 is 4.90 Å². The Kier molecular flexibility index (Phi) is 6.25. The van der Waals surface area contributed by atoms with Crippen molar-refractivity contribution in [1.82, 2.24) is 4.57 Å². The molecule has 6 aromatic carbocycles. The first-order valence-corrected chi connectivity index (χ1v) is 14.9. The van der Waals surface area contributed by atoms with E-state index in [1.54, 1.807) is 24.3 Å². The van der Waals surface area contributed by atoms with Gasteiger partial charge < -0.3 is 9.67 Å². The molecule has 0 radical (unpaired) electrons. The zero-order valence-electron chi connectivity index (χ0n) is 24.4. The van der Waals surface area contributed by atoms with Crippen molar-refractivity contribution in [2.45, 2.75) is 6.23 Å². The van der Waals surface area contributed by atoms with Gasteiger partial charge in [0.05, 0.1) is 45.5 Å². The average Bonchev–Trinajstić information content (AvgIpc) is 3.59. The standard InChI is InChI=1S/C40H24N4O2/c41-23-25-20-26(24-42)22-29(21-25)31-11-6-14-35-37(31)32-10-4-5-13-34(32)44(35)36-15-7-12-33-38(36)40(46)43(39(33)45)30-18-16-28(17-19-30)27-8-2-1-3-9-27/h1-22,39,45H. The zero-order chi connectivity index (χ0) is 31.4. The molecule has 2 heterocycles. The van der Waals surface area contributed by atoms with E-state index in [9.17, 15) is 20.4 Å². The molecule has 1 N–H and O–H groups in total. The summed E-state index contributed by atoms with van der Waals surface area (Å²) in [4.78, 5) is 15.7. The van der Waals surface area contributed by atoms with Crippen molar-refractivity contribution in [3.05, 3.63) is 156 Å². The summed E-state index contributed by atoms with van der Waals surface area (Å²) < 4.78 is 2.07. The summed E-state index contributed by atoms with van der Waals surface area (Å²) in [5.74, 6) is -0.284. The number of hydrogen-bond donors (Lipinski definition) is 1. The minimum atomic E-state index is -1.15. The van der Waals surface area contributed by atoms with Gasteiger partial charge in [-0.1, -0.05) is 84.9 Å². The Morgan fingerprint density at radius 3 is 2.02 bits per heavy atom. The number of nitriles is 2. The van der Waals surface area contributed by atoms with Crippen LogP contribution in [0.5, 0.6) is 0 Å². The Balaban J connectivity index is 1.30. The van der Waals surface area contributed by atoms with Gasteiger partial charge in [-0.05, 0) is 70.8 Å². The number of carbonyl (C=O) groups is 1. The molecule has 6 nitrogen and oxygen atoms in total. The van der Waals surface area contributed by atoms with E-state index >= 15 is 0 Å². The Bertz CT molecular complexity index is 2400. The van der Waals surface area contributed by atoms with E-state index in [2.05, 4.69) is 16.7 Å². The van der Waals surface area contributed by atoms with Crippen LogP contribution in [-0.2, 0) is 0 Å². The summed E-state index contributed by atoms with van der Waals surface area (Å²) in [5.41, 5.74) is 8.55. The molecule has 1 unspecified atom stereocenters. The number of fused-ring (bicyclic) bond motifs is 4. The summed E-state index contributed by atoms with van der Waals surface area (Å²) >= 11 is 0. The highest BCUT2D eigenvalue weighted by atomic mass is 16.3. The summed E-state index contributed by atoms with van der Waals surface area (Å²) in [6.07, 6.45) is -1.15. The number of para-hydroxylation sites is 1. The van der Waals surface area contributed by atoms with Crippen LogP contribution in [0, 0.1) is 22.7 Å². The molecule has 8 rings (SSSR count). The van der Waals surface area contributed by atoms with Crippen molar-refractivity contribution in [2.75, 3.05) is 4.90 Å². The molecular weight excluding hydrogens is 568 g/mol. The quantitative estimate of drug-likeness (QED) is 0.222. The molecule has 0 saturated carbocycles. The highest BCUT2D eigenvalue weighted by Gasteiger charge is 2.39. The van der Waals surface area contributed by atoms with E-state index in [-0.39, 0.29) is 5.91 Å². The molecule has 1 aliphatic rings. The minimum Gasteiger partial charge on any atom is -0.369 e. The van der Waals surface area contributed by atoms with E-state index < -0.39 is 6.23 Å². The predicted octanol–water partition coefficient (Wildman–Crippen LogP) is 8.51. The lowest BCUT2D eigenvalue weighted by molar-refractivity contribution is 0.0935. The third-order valence-electron chi connectivity index (χ3n) is 8.72. The molecule has 1 amide bonds. The summed E-state index contributed by atoms with van der Waals surface area (Å²) in [6.45, 7) is 0. The number of aliphatic hydroxyl groups is 1. The van der Waals surface area contributed by atoms with Gasteiger partial charge in [-0.2, -0.15) is 10.5 Å². The Labute approximate surface area is 264 Å². The maximum atomic E-state index is 14.3. The number of hydrogen-bond acceptors (Lipinski definition) is 4. The van der Waals surface area contributed by atoms with E-state index in [1.165, 1.54) is 4.90 Å². The van der Waals surface area contributed by atoms with Gasteiger partial charge in [0.2, 0.25) is 0 Å². The summed E-state index contributed by atoms with van der Waals surface area (Å²) in [7, 11) is 0. The van der Waals surface area contributed by atoms with Gasteiger partial charge >= 0.3 is 0 Å². The fourth-order valence-corrected chi connectivity index (χ4v) is 6.70. The molecule has 0 spiro atoms. The Morgan fingerprint density at radius 2 is 1.28 bits per heavy atom. The highest BCUT2D eigenvalue weighted by Crippen LogP contribution is 2.43. The number of rotatable bonds is 4. The first-order chi connectivity index (χ1) is 22.6. The van der Waals surface area contributed by atoms with Crippen LogP contribution in [0.15, 0.2) is 133 Å². The topological polar surface area (TPSA) is 93.0 Å². The second-order valence-electron chi connectivity index (χ2n) is 11.3. The lowest BCUT2D eigenvalue weighted by Crippen LogP contribution is -2.27. The van der Waals surface area contributed by atoms with Crippen LogP contribution in [0.4, 0.5) is 5.69 Å². The molecule has 1 atom stereocenters. The number of carbonyl (C=O) groups excluding carboxylic acids is 1. The van der Waals surface area contributed by atoms with Crippen molar-refractivity contribution in [2.24, 2.45) is 0 Å². The van der Waals surface area contributed by atoms with Gasteiger partial charge in [-0.3, -0.25) is 9.69 Å². The van der Waals surface area contributed by atoms with Gasteiger partial charge in [0.25, 0.3) is 5.91 Å². The molecule has 0 fully saturated rings. The molecule has 0 saturated heterocycles. The Morgan fingerprint density at radius 1 is 0.630 bits per heavy atom. The summed E-state index contributed by atoms with van der Waals surface area (Å²) in [5, 5.41) is 32.7. The fourth-order valence-electron chi connectivity index (χ4n) is 6.70. The highest BCUT2D eigenvalue weighted by molar-refractivity contribution is 6.18. The number of nitrogens with zero attached hydrogens (tertiary/aromatic N) is 4. The normalized spacial score (nSPS) is 13.9. The molecule has 7 aromatic rings. The molecule has 0 aliphatic carbocycles. The maximum absolute atomic E-state index is 14.3. The maximum Gasteiger partial charge on any atom is 0.263 e. The molecule has 1 aromatic heterocycles.